The monoisotopic (exact) mass is 374 g/mol. The zero-order chi connectivity index (χ0) is 17.9. The van der Waals surface area contributed by atoms with E-state index in [4.69, 9.17) is 9.47 Å². The van der Waals surface area contributed by atoms with Gasteiger partial charge in [0.25, 0.3) is 0 Å². The van der Waals surface area contributed by atoms with Crippen LogP contribution in [-0.2, 0) is 20.8 Å². The van der Waals surface area contributed by atoms with E-state index < -0.39 is 0 Å². The Kier molecular flexibility index (Phi) is 5.12. The Morgan fingerprint density at radius 3 is 2.65 bits per heavy atom. The Hall–Kier alpha value is -2.06. The first kappa shape index (κ1) is 17.4. The zero-order valence-electron chi connectivity index (χ0n) is 14.7. The fraction of sp³-hybridized carbons (Fsp3) is 0.500. The number of anilines is 1. The van der Waals surface area contributed by atoms with Crippen molar-refractivity contribution in [1.82, 2.24) is 14.8 Å². The summed E-state index contributed by atoms with van der Waals surface area (Å²) < 4.78 is 12.8. The lowest BCUT2D eigenvalue weighted by atomic mass is 10.2. The summed E-state index contributed by atoms with van der Waals surface area (Å²) >= 11 is 1.45. The van der Waals surface area contributed by atoms with Crippen LogP contribution in [0.5, 0.6) is 0 Å². The molecule has 3 heterocycles. The average Bonchev–Trinajstić information content (AvgIpc) is 3.19. The third kappa shape index (κ3) is 3.71. The van der Waals surface area contributed by atoms with Crippen LogP contribution in [0.3, 0.4) is 0 Å². The van der Waals surface area contributed by atoms with Gasteiger partial charge in [-0.15, -0.1) is 10.2 Å². The molecule has 7 nitrogen and oxygen atoms in total. The topological polar surface area (TPSA) is 69.5 Å². The number of esters is 1. The van der Waals surface area contributed by atoms with E-state index in [1.165, 1.54) is 17.3 Å². The van der Waals surface area contributed by atoms with Crippen molar-refractivity contribution in [3.05, 3.63) is 35.9 Å². The Morgan fingerprint density at radius 2 is 1.96 bits per heavy atom. The predicted molar refractivity (Wildman–Crippen MR) is 98.4 cm³/mol. The van der Waals surface area contributed by atoms with Gasteiger partial charge in [-0.05, 0) is 12.5 Å². The van der Waals surface area contributed by atoms with Crippen molar-refractivity contribution >= 4 is 23.7 Å². The second kappa shape index (κ2) is 7.67. The van der Waals surface area contributed by atoms with Crippen molar-refractivity contribution in [1.29, 1.82) is 0 Å². The van der Waals surface area contributed by atoms with Gasteiger partial charge in [0.15, 0.2) is 5.16 Å². The van der Waals surface area contributed by atoms with Gasteiger partial charge in [0.05, 0.1) is 19.8 Å². The molecule has 2 saturated heterocycles. The lowest BCUT2D eigenvalue weighted by molar-refractivity contribution is -0.140. The van der Waals surface area contributed by atoms with Crippen LogP contribution < -0.4 is 4.90 Å². The molecular weight excluding hydrogens is 352 g/mol. The van der Waals surface area contributed by atoms with E-state index in [1.54, 1.807) is 0 Å². The van der Waals surface area contributed by atoms with E-state index in [9.17, 15) is 4.79 Å². The molecule has 0 radical (unpaired) electrons. The fourth-order valence-corrected chi connectivity index (χ4v) is 4.35. The maximum atomic E-state index is 12.0. The first-order valence-electron chi connectivity index (χ1n) is 8.87. The van der Waals surface area contributed by atoms with Crippen LogP contribution in [0.2, 0.25) is 0 Å². The molecule has 2 fully saturated rings. The van der Waals surface area contributed by atoms with Gasteiger partial charge in [-0.3, -0.25) is 9.36 Å². The van der Waals surface area contributed by atoms with E-state index >= 15 is 0 Å². The molecule has 0 spiro atoms. The van der Waals surface area contributed by atoms with Crippen molar-refractivity contribution in [3.63, 3.8) is 0 Å². The maximum absolute atomic E-state index is 12.0. The number of carbonyl (C=O) groups is 1. The number of cyclic esters (lactones) is 1. The second-order valence-electron chi connectivity index (χ2n) is 6.54. The number of aromatic nitrogens is 3. The standard InChI is InChI=1S/C18H22N4O3S/c1-13-11-15(16(23)25-13)26-18-20-19-17(21-7-9-24-10-8-21)22(18)12-14-5-3-2-4-6-14/h2-6,13,15H,7-12H2,1H3/t13-,15+/m1/s1. The highest BCUT2D eigenvalue weighted by atomic mass is 32.2. The van der Waals surface area contributed by atoms with Gasteiger partial charge < -0.3 is 14.4 Å². The molecule has 8 heteroatoms. The zero-order valence-corrected chi connectivity index (χ0v) is 15.5. The lowest BCUT2D eigenvalue weighted by Gasteiger charge is -2.28. The van der Waals surface area contributed by atoms with Crippen LogP contribution >= 0.6 is 11.8 Å². The van der Waals surface area contributed by atoms with Gasteiger partial charge in [0.1, 0.15) is 11.4 Å². The van der Waals surface area contributed by atoms with Crippen molar-refractivity contribution in [2.45, 2.75) is 36.4 Å². The molecule has 2 aromatic rings. The molecule has 26 heavy (non-hydrogen) atoms. The minimum absolute atomic E-state index is 0.0378. The molecule has 0 saturated carbocycles. The van der Waals surface area contributed by atoms with Gasteiger partial charge >= 0.3 is 5.97 Å². The number of nitrogens with zero attached hydrogens (tertiary/aromatic N) is 4. The van der Waals surface area contributed by atoms with Crippen LogP contribution in [-0.4, -0.2) is 58.4 Å². The van der Waals surface area contributed by atoms with Crippen molar-refractivity contribution < 1.29 is 14.3 Å². The van der Waals surface area contributed by atoms with Crippen molar-refractivity contribution in [3.8, 4) is 0 Å². The molecule has 0 bridgehead atoms. The summed E-state index contributed by atoms with van der Waals surface area (Å²) in [7, 11) is 0. The Morgan fingerprint density at radius 1 is 1.19 bits per heavy atom. The molecule has 0 N–H and O–H groups in total. The number of carbonyl (C=O) groups excluding carboxylic acids is 1. The SMILES string of the molecule is C[C@@H]1C[C@H](Sc2nnc(N3CCOCC3)n2Cc2ccccc2)C(=O)O1. The quantitative estimate of drug-likeness (QED) is 0.741. The summed E-state index contributed by atoms with van der Waals surface area (Å²) in [4.78, 5) is 14.2. The summed E-state index contributed by atoms with van der Waals surface area (Å²) in [5.41, 5.74) is 1.17. The highest BCUT2D eigenvalue weighted by Gasteiger charge is 2.34. The molecule has 1 aromatic carbocycles. The van der Waals surface area contributed by atoms with Gasteiger partial charge in [-0.25, -0.2) is 0 Å². The van der Waals surface area contributed by atoms with E-state index in [-0.39, 0.29) is 17.3 Å². The Bertz CT molecular complexity index is 761. The summed E-state index contributed by atoms with van der Waals surface area (Å²) in [5.74, 6) is 0.670. The maximum Gasteiger partial charge on any atom is 0.319 e. The highest BCUT2D eigenvalue weighted by Crippen LogP contribution is 2.33. The van der Waals surface area contributed by atoms with Gasteiger partial charge in [0.2, 0.25) is 5.95 Å². The first-order chi connectivity index (χ1) is 12.7. The highest BCUT2D eigenvalue weighted by molar-refractivity contribution is 8.00. The number of hydrogen-bond donors (Lipinski definition) is 0. The molecule has 1 aromatic heterocycles. The van der Waals surface area contributed by atoms with Crippen LogP contribution in [0.25, 0.3) is 0 Å². The molecule has 0 aliphatic carbocycles. The molecule has 138 valence electrons. The number of ether oxygens (including phenoxy) is 2. The summed E-state index contributed by atoms with van der Waals surface area (Å²) in [6.07, 6.45) is 0.665. The first-order valence-corrected chi connectivity index (χ1v) is 9.75. The fourth-order valence-electron chi connectivity index (χ4n) is 3.21. The van der Waals surface area contributed by atoms with E-state index in [0.717, 1.165) is 24.2 Å². The number of benzene rings is 1. The van der Waals surface area contributed by atoms with Gasteiger partial charge in [-0.2, -0.15) is 0 Å². The normalized spacial score (nSPS) is 23.3. The molecule has 0 amide bonds. The average molecular weight is 374 g/mol. The molecule has 2 aliphatic heterocycles. The lowest BCUT2D eigenvalue weighted by Crippen LogP contribution is -2.38. The molecule has 2 aliphatic rings. The minimum atomic E-state index is -0.221. The van der Waals surface area contributed by atoms with E-state index in [0.29, 0.717) is 26.2 Å². The molecular formula is C18H22N4O3S. The van der Waals surface area contributed by atoms with E-state index in [2.05, 4.69) is 31.8 Å². The molecule has 0 unspecified atom stereocenters. The summed E-state index contributed by atoms with van der Waals surface area (Å²) in [6.45, 7) is 5.55. The summed E-state index contributed by atoms with van der Waals surface area (Å²) in [6, 6.07) is 10.2. The van der Waals surface area contributed by atoms with Crippen molar-refractivity contribution in [2.24, 2.45) is 0 Å². The third-order valence-electron chi connectivity index (χ3n) is 4.55. The predicted octanol–water partition coefficient (Wildman–Crippen LogP) is 1.96. The molecule has 4 rings (SSSR count). The largest absolute Gasteiger partial charge is 0.462 e. The van der Waals surface area contributed by atoms with Crippen LogP contribution in [0.4, 0.5) is 5.95 Å². The van der Waals surface area contributed by atoms with Crippen LogP contribution in [0.15, 0.2) is 35.5 Å². The number of hydrogen-bond acceptors (Lipinski definition) is 7. The van der Waals surface area contributed by atoms with Gasteiger partial charge in [-0.1, -0.05) is 42.1 Å². The van der Waals surface area contributed by atoms with Gasteiger partial charge in [0, 0.05) is 19.5 Å². The number of rotatable bonds is 5. The number of thioether (sulfide) groups is 1. The second-order valence-corrected chi connectivity index (χ2v) is 7.71. The van der Waals surface area contributed by atoms with E-state index in [1.807, 2.05) is 25.1 Å². The minimum Gasteiger partial charge on any atom is -0.462 e. The smallest absolute Gasteiger partial charge is 0.319 e. The van der Waals surface area contributed by atoms with Crippen LogP contribution in [0, 0.1) is 0 Å². The Balaban J connectivity index is 1.62. The Labute approximate surface area is 156 Å². The summed E-state index contributed by atoms with van der Waals surface area (Å²) in [5, 5.41) is 9.36. The van der Waals surface area contributed by atoms with Crippen molar-refractivity contribution in [2.75, 3.05) is 31.2 Å². The van der Waals surface area contributed by atoms with Crippen LogP contribution in [0.1, 0.15) is 18.9 Å². The third-order valence-corrected chi connectivity index (χ3v) is 5.73. The number of morpholine rings is 1. The molecule has 2 atom stereocenters.